The number of methoxy groups -OCH3 is 1. The molecule has 146 valence electrons. The van der Waals surface area contributed by atoms with Crippen molar-refractivity contribution in [3.05, 3.63) is 35.3 Å². The summed E-state index contributed by atoms with van der Waals surface area (Å²) in [6.45, 7) is 2.17. The predicted molar refractivity (Wildman–Crippen MR) is 107 cm³/mol. The van der Waals surface area contributed by atoms with Crippen molar-refractivity contribution in [2.75, 3.05) is 7.11 Å². The summed E-state index contributed by atoms with van der Waals surface area (Å²) in [6, 6.07) is 7.18. The first-order chi connectivity index (χ1) is 13.5. The van der Waals surface area contributed by atoms with E-state index < -0.39 is 11.6 Å². The number of benzene rings is 1. The quantitative estimate of drug-likeness (QED) is 0.629. The molecule has 7 nitrogen and oxygen atoms in total. The van der Waals surface area contributed by atoms with Gasteiger partial charge < -0.3 is 10.1 Å². The minimum atomic E-state index is -0.783. The van der Waals surface area contributed by atoms with Crippen molar-refractivity contribution in [1.29, 1.82) is 0 Å². The van der Waals surface area contributed by atoms with Gasteiger partial charge in [0.25, 0.3) is 5.91 Å². The van der Waals surface area contributed by atoms with Crippen LogP contribution in [0.5, 0.6) is 5.75 Å². The smallest absolute Gasteiger partial charge is 0.346 e. The van der Waals surface area contributed by atoms with E-state index in [2.05, 4.69) is 22.3 Å². The third-order valence-corrected chi connectivity index (χ3v) is 6.32. The number of hydrogen-bond acceptors (Lipinski definition) is 6. The Kier molecular flexibility index (Phi) is 4.89. The van der Waals surface area contributed by atoms with Gasteiger partial charge in [-0.05, 0) is 43.7 Å². The molecule has 0 bridgehead atoms. The number of hydrogen-bond donors (Lipinski definition) is 1. The maximum absolute atomic E-state index is 12.8. The second-order valence-electron chi connectivity index (χ2n) is 7.37. The molecule has 8 heteroatoms. The van der Waals surface area contributed by atoms with Gasteiger partial charge in [-0.1, -0.05) is 19.1 Å². The van der Waals surface area contributed by atoms with Gasteiger partial charge in [0.05, 0.1) is 19.0 Å². The van der Waals surface area contributed by atoms with Crippen molar-refractivity contribution < 1.29 is 14.3 Å². The largest absolute Gasteiger partial charge is 0.497 e. The van der Waals surface area contributed by atoms with Gasteiger partial charge in [0.15, 0.2) is 0 Å². The van der Waals surface area contributed by atoms with E-state index in [0.29, 0.717) is 24.5 Å². The van der Waals surface area contributed by atoms with Crippen molar-refractivity contribution in [2.45, 2.75) is 38.1 Å². The molecule has 0 unspecified atom stereocenters. The van der Waals surface area contributed by atoms with E-state index in [1.165, 1.54) is 17.6 Å². The van der Waals surface area contributed by atoms with E-state index in [1.54, 1.807) is 7.11 Å². The molecule has 0 atom stereocenters. The van der Waals surface area contributed by atoms with Gasteiger partial charge in [-0.2, -0.15) is 5.10 Å². The van der Waals surface area contributed by atoms with E-state index >= 15 is 0 Å². The highest BCUT2D eigenvalue weighted by molar-refractivity contribution is 7.13. The number of amides is 3. The van der Waals surface area contributed by atoms with E-state index in [4.69, 9.17) is 4.74 Å². The second-order valence-corrected chi connectivity index (χ2v) is 8.22. The lowest BCUT2D eigenvalue weighted by Gasteiger charge is -2.33. The van der Waals surface area contributed by atoms with Crippen molar-refractivity contribution in [2.24, 2.45) is 11.0 Å². The summed E-state index contributed by atoms with van der Waals surface area (Å²) in [5.41, 5.74) is 0.755. The van der Waals surface area contributed by atoms with Crippen LogP contribution in [-0.2, 0) is 4.79 Å². The first-order valence-corrected chi connectivity index (χ1v) is 10.2. The molecule has 1 spiro atoms. The van der Waals surface area contributed by atoms with Crippen molar-refractivity contribution in [3.63, 3.8) is 0 Å². The van der Waals surface area contributed by atoms with Crippen LogP contribution < -0.4 is 10.1 Å². The average Bonchev–Trinajstić information content (AvgIpc) is 3.27. The Hall–Kier alpha value is -2.74. The molecule has 0 radical (unpaired) electrons. The summed E-state index contributed by atoms with van der Waals surface area (Å²) in [5, 5.41) is 10.6. The standard InChI is InChI=1S/C20H22N4O3S/c1-13-6-8-20(9-7-13)18(25)24(19(26)23-20)21-11-15-12-28-17(22-15)14-4-3-5-16(10-14)27-2/h3-5,10-13H,6-9H2,1-2H3,(H,23,26)/b21-11+. The van der Waals surface area contributed by atoms with Gasteiger partial charge in [-0.15, -0.1) is 16.3 Å². The minimum Gasteiger partial charge on any atom is -0.497 e. The fraction of sp³-hybridized carbons (Fsp3) is 0.400. The van der Waals surface area contributed by atoms with Crippen LogP contribution >= 0.6 is 11.3 Å². The zero-order valence-corrected chi connectivity index (χ0v) is 16.7. The van der Waals surface area contributed by atoms with Gasteiger partial charge in [-0.3, -0.25) is 4.79 Å². The zero-order valence-electron chi connectivity index (χ0n) is 15.8. The zero-order chi connectivity index (χ0) is 19.7. The summed E-state index contributed by atoms with van der Waals surface area (Å²) in [5.74, 6) is 1.08. The molecule has 1 N–H and O–H groups in total. The number of aromatic nitrogens is 1. The van der Waals surface area contributed by atoms with E-state index in [0.717, 1.165) is 34.2 Å². The second kappa shape index (κ2) is 7.35. The van der Waals surface area contributed by atoms with Crippen LogP contribution in [0.25, 0.3) is 10.6 Å². The van der Waals surface area contributed by atoms with Gasteiger partial charge in [0.2, 0.25) is 0 Å². The van der Waals surface area contributed by atoms with E-state index in [9.17, 15) is 9.59 Å². The number of ether oxygens (including phenoxy) is 1. The Balaban J connectivity index is 1.49. The number of hydrazone groups is 1. The van der Waals surface area contributed by atoms with Crippen LogP contribution in [0, 0.1) is 5.92 Å². The molecule has 1 saturated carbocycles. The summed E-state index contributed by atoms with van der Waals surface area (Å²) in [6.07, 6.45) is 4.66. The molecule has 1 aliphatic carbocycles. The van der Waals surface area contributed by atoms with Gasteiger partial charge in [0.1, 0.15) is 16.3 Å². The van der Waals surface area contributed by atoms with Crippen LogP contribution in [0.15, 0.2) is 34.7 Å². The van der Waals surface area contributed by atoms with E-state index in [-0.39, 0.29) is 5.91 Å². The molecule has 1 aromatic heterocycles. The van der Waals surface area contributed by atoms with Crippen LogP contribution in [-0.4, -0.2) is 40.8 Å². The van der Waals surface area contributed by atoms with Crippen molar-refractivity contribution in [1.82, 2.24) is 15.3 Å². The Bertz CT molecular complexity index is 931. The van der Waals surface area contributed by atoms with Crippen LogP contribution in [0.4, 0.5) is 4.79 Å². The fourth-order valence-electron chi connectivity index (χ4n) is 3.66. The normalized spacial score (nSPS) is 24.9. The molecule has 2 heterocycles. The molecular formula is C20H22N4O3S. The molecular weight excluding hydrogens is 376 g/mol. The van der Waals surface area contributed by atoms with Crippen LogP contribution in [0.1, 0.15) is 38.3 Å². The molecule has 2 fully saturated rings. The molecule has 1 aromatic carbocycles. The lowest BCUT2D eigenvalue weighted by Crippen LogP contribution is -2.49. The highest BCUT2D eigenvalue weighted by Gasteiger charge is 2.52. The first kappa shape index (κ1) is 18.6. The fourth-order valence-corrected chi connectivity index (χ4v) is 4.42. The Morgan fingerprint density at radius 2 is 2.14 bits per heavy atom. The highest BCUT2D eigenvalue weighted by atomic mass is 32.1. The average molecular weight is 398 g/mol. The maximum atomic E-state index is 12.8. The molecule has 1 saturated heterocycles. The lowest BCUT2D eigenvalue weighted by molar-refractivity contribution is -0.132. The monoisotopic (exact) mass is 398 g/mol. The summed E-state index contributed by atoms with van der Waals surface area (Å²) < 4.78 is 5.24. The SMILES string of the molecule is COc1cccc(-c2nc(/C=N/N3C(=O)NC4(CCC(C)CC4)C3=O)cs2)c1. The number of carbonyl (C=O) groups excluding carboxylic acids is 2. The Labute approximate surface area is 167 Å². The van der Waals surface area contributed by atoms with Gasteiger partial charge in [-0.25, -0.2) is 9.78 Å². The maximum Gasteiger partial charge on any atom is 0.346 e. The Morgan fingerprint density at radius 1 is 1.36 bits per heavy atom. The third kappa shape index (κ3) is 3.40. The summed E-state index contributed by atoms with van der Waals surface area (Å²) >= 11 is 1.47. The molecule has 3 amide bonds. The number of urea groups is 1. The number of rotatable bonds is 4. The number of nitrogens with zero attached hydrogens (tertiary/aromatic N) is 3. The minimum absolute atomic E-state index is 0.260. The number of nitrogens with one attached hydrogen (secondary N) is 1. The molecule has 4 rings (SSSR count). The number of carbonyl (C=O) groups is 2. The predicted octanol–water partition coefficient (Wildman–Crippen LogP) is 3.65. The van der Waals surface area contributed by atoms with Crippen LogP contribution in [0.3, 0.4) is 0 Å². The van der Waals surface area contributed by atoms with Gasteiger partial charge in [0, 0.05) is 10.9 Å². The highest BCUT2D eigenvalue weighted by Crippen LogP contribution is 2.36. The topological polar surface area (TPSA) is 83.9 Å². The molecule has 28 heavy (non-hydrogen) atoms. The Morgan fingerprint density at radius 3 is 2.89 bits per heavy atom. The van der Waals surface area contributed by atoms with Crippen molar-refractivity contribution in [3.8, 4) is 16.3 Å². The number of thiazole rings is 1. The lowest BCUT2D eigenvalue weighted by atomic mass is 9.77. The van der Waals surface area contributed by atoms with E-state index in [1.807, 2.05) is 29.6 Å². The molecule has 2 aromatic rings. The third-order valence-electron chi connectivity index (χ3n) is 5.41. The first-order valence-electron chi connectivity index (χ1n) is 9.31. The van der Waals surface area contributed by atoms with Crippen molar-refractivity contribution >= 4 is 29.5 Å². The summed E-state index contributed by atoms with van der Waals surface area (Å²) in [4.78, 5) is 29.6. The number of imide groups is 1. The molecule has 1 aliphatic heterocycles. The molecule has 2 aliphatic rings. The summed E-state index contributed by atoms with van der Waals surface area (Å²) in [7, 11) is 1.62. The van der Waals surface area contributed by atoms with Crippen LogP contribution in [0.2, 0.25) is 0 Å². The van der Waals surface area contributed by atoms with Gasteiger partial charge >= 0.3 is 6.03 Å².